The molecule has 2 saturated carbocycles. The van der Waals surface area contributed by atoms with Crippen molar-refractivity contribution in [2.75, 3.05) is 6.61 Å². The molecule has 2 bridgehead atoms. The van der Waals surface area contributed by atoms with E-state index in [4.69, 9.17) is 4.55 Å². The third-order valence-corrected chi connectivity index (χ3v) is 6.22. The molecule has 0 spiro atoms. The summed E-state index contributed by atoms with van der Waals surface area (Å²) in [4.78, 5) is 11.6. The highest BCUT2D eigenvalue weighted by atomic mass is 32.2. The molecule has 0 aromatic heterocycles. The summed E-state index contributed by atoms with van der Waals surface area (Å²) in [5, 5.41) is -3.09. The second-order valence-electron chi connectivity index (χ2n) is 7.00. The fourth-order valence-corrected chi connectivity index (χ4v) is 4.60. The molecule has 0 aromatic rings. The smallest absolute Gasteiger partial charge is 0.411 e. The summed E-state index contributed by atoms with van der Waals surface area (Å²) < 4.78 is 72.2. The molecule has 0 aliphatic heterocycles. The van der Waals surface area contributed by atoms with Gasteiger partial charge in [-0.15, -0.1) is 0 Å². The van der Waals surface area contributed by atoms with Crippen LogP contribution in [0.3, 0.4) is 0 Å². The molecule has 140 valence electrons. The first-order valence-electron chi connectivity index (χ1n) is 8.24. The third-order valence-electron chi connectivity index (χ3n) is 5.10. The Kier molecular flexibility index (Phi) is 6.17. The van der Waals surface area contributed by atoms with Crippen LogP contribution in [0.5, 0.6) is 0 Å². The molecule has 0 aromatic carbocycles. The minimum absolute atomic E-state index is 0.0276. The fraction of sp³-hybridized carbons (Fsp3) is 0.933. The van der Waals surface area contributed by atoms with Crippen molar-refractivity contribution >= 4 is 16.1 Å². The number of hydrogen-bond donors (Lipinski definition) is 1. The van der Waals surface area contributed by atoms with E-state index in [-0.39, 0.29) is 6.42 Å². The van der Waals surface area contributed by atoms with E-state index in [0.717, 1.165) is 12.8 Å². The van der Waals surface area contributed by atoms with Crippen molar-refractivity contribution in [1.29, 1.82) is 0 Å². The second-order valence-corrected chi connectivity index (χ2v) is 8.60. The Morgan fingerprint density at radius 2 is 1.75 bits per heavy atom. The van der Waals surface area contributed by atoms with Crippen LogP contribution in [0.4, 0.5) is 13.2 Å². The highest BCUT2D eigenvalue weighted by Gasteiger charge is 2.49. The lowest BCUT2D eigenvalue weighted by molar-refractivity contribution is -0.157. The summed E-state index contributed by atoms with van der Waals surface area (Å²) in [6, 6.07) is 0. The summed E-state index contributed by atoms with van der Waals surface area (Å²) in [7, 11) is -5.37. The molecule has 0 amide bonds. The number of rotatable bonds is 6. The number of ether oxygens (including phenoxy) is 1. The van der Waals surface area contributed by atoms with Crippen molar-refractivity contribution in [2.24, 2.45) is 17.8 Å². The van der Waals surface area contributed by atoms with E-state index in [1.165, 1.54) is 25.7 Å². The van der Waals surface area contributed by atoms with Crippen LogP contribution in [0.15, 0.2) is 0 Å². The molecular formula is C15H23F3O5S. The standard InChI is InChI=1S/C15H23F3O5S/c16-15(17,18)13(24(20,21)22)9-23-14(19)5-4-12-7-10-2-1-3-11(6-10)8-12/h10-13H,1-9H2,(H,20,21,22). The largest absolute Gasteiger partial charge is 0.464 e. The topological polar surface area (TPSA) is 80.7 Å². The van der Waals surface area contributed by atoms with E-state index in [1.807, 2.05) is 0 Å². The van der Waals surface area contributed by atoms with E-state index < -0.39 is 34.1 Å². The first-order valence-corrected chi connectivity index (χ1v) is 9.74. The van der Waals surface area contributed by atoms with Gasteiger partial charge in [-0.2, -0.15) is 21.6 Å². The zero-order chi connectivity index (χ0) is 18.0. The Morgan fingerprint density at radius 3 is 2.25 bits per heavy atom. The molecule has 24 heavy (non-hydrogen) atoms. The molecule has 9 heteroatoms. The summed E-state index contributed by atoms with van der Waals surface area (Å²) in [5.74, 6) is 0.894. The molecule has 0 heterocycles. The third kappa shape index (κ3) is 5.61. The van der Waals surface area contributed by atoms with E-state index in [1.54, 1.807) is 0 Å². The first-order chi connectivity index (χ1) is 11.1. The number of carbonyl (C=O) groups is 1. The number of carbonyl (C=O) groups excluding carboxylic acids is 1. The molecular weight excluding hydrogens is 349 g/mol. The van der Waals surface area contributed by atoms with Crippen molar-refractivity contribution in [3.63, 3.8) is 0 Å². The zero-order valence-electron chi connectivity index (χ0n) is 13.3. The molecule has 2 aliphatic rings. The summed E-state index contributed by atoms with van der Waals surface area (Å²) in [5.41, 5.74) is 0. The monoisotopic (exact) mass is 372 g/mol. The second kappa shape index (κ2) is 7.59. The van der Waals surface area contributed by atoms with Gasteiger partial charge in [-0.05, 0) is 43.4 Å². The van der Waals surface area contributed by atoms with Gasteiger partial charge >= 0.3 is 12.1 Å². The van der Waals surface area contributed by atoms with E-state index in [0.29, 0.717) is 24.2 Å². The fourth-order valence-electron chi connectivity index (χ4n) is 4.02. The molecule has 0 saturated heterocycles. The number of hydrogen-bond acceptors (Lipinski definition) is 4. The predicted molar refractivity (Wildman–Crippen MR) is 79.8 cm³/mol. The Bertz CT molecular complexity index is 534. The maximum absolute atomic E-state index is 12.5. The molecule has 3 atom stereocenters. The van der Waals surface area contributed by atoms with Gasteiger partial charge in [-0.25, -0.2) is 0 Å². The van der Waals surface area contributed by atoms with Gasteiger partial charge < -0.3 is 4.74 Å². The number of alkyl halides is 3. The average molecular weight is 372 g/mol. The van der Waals surface area contributed by atoms with Crippen LogP contribution in [0.2, 0.25) is 0 Å². The average Bonchev–Trinajstić information content (AvgIpc) is 2.42. The highest BCUT2D eigenvalue weighted by molar-refractivity contribution is 7.86. The Hall–Kier alpha value is -0.830. The van der Waals surface area contributed by atoms with Crippen molar-refractivity contribution < 1.29 is 35.7 Å². The number of esters is 1. The minimum Gasteiger partial charge on any atom is -0.464 e. The molecule has 1 N–H and O–H groups in total. The lowest BCUT2D eigenvalue weighted by atomic mass is 9.67. The molecule has 5 nitrogen and oxygen atoms in total. The maximum atomic E-state index is 12.5. The number of halogens is 3. The summed E-state index contributed by atoms with van der Waals surface area (Å²) >= 11 is 0. The van der Waals surface area contributed by atoms with Crippen LogP contribution < -0.4 is 0 Å². The van der Waals surface area contributed by atoms with Crippen LogP contribution >= 0.6 is 0 Å². The van der Waals surface area contributed by atoms with Gasteiger partial charge in [0.15, 0.2) is 0 Å². The Morgan fingerprint density at radius 1 is 1.17 bits per heavy atom. The Labute approximate surface area is 139 Å². The van der Waals surface area contributed by atoms with Crippen molar-refractivity contribution in [2.45, 2.75) is 62.8 Å². The molecule has 2 fully saturated rings. The predicted octanol–water partition coefficient (Wildman–Crippen LogP) is 3.34. The van der Waals surface area contributed by atoms with Gasteiger partial charge in [0.25, 0.3) is 10.1 Å². The van der Waals surface area contributed by atoms with Gasteiger partial charge in [0, 0.05) is 6.42 Å². The van der Waals surface area contributed by atoms with Gasteiger partial charge in [0.2, 0.25) is 5.25 Å². The van der Waals surface area contributed by atoms with E-state index in [9.17, 15) is 26.4 Å². The first kappa shape index (κ1) is 19.5. The highest BCUT2D eigenvalue weighted by Crippen LogP contribution is 2.43. The van der Waals surface area contributed by atoms with Crippen LogP contribution in [-0.2, 0) is 19.6 Å². The van der Waals surface area contributed by atoms with Gasteiger partial charge in [0.1, 0.15) is 6.61 Å². The van der Waals surface area contributed by atoms with Crippen LogP contribution in [0, 0.1) is 17.8 Å². The number of fused-ring (bicyclic) bond motifs is 2. The zero-order valence-corrected chi connectivity index (χ0v) is 14.1. The minimum atomic E-state index is -5.37. The normalized spacial score (nSPS) is 29.1. The molecule has 2 aliphatic carbocycles. The van der Waals surface area contributed by atoms with Crippen molar-refractivity contribution in [1.82, 2.24) is 0 Å². The van der Waals surface area contributed by atoms with Gasteiger partial charge in [0.05, 0.1) is 0 Å². The molecule has 2 rings (SSSR count). The van der Waals surface area contributed by atoms with Gasteiger partial charge in [-0.1, -0.05) is 19.3 Å². The summed E-state index contributed by atoms with van der Waals surface area (Å²) in [6.07, 6.45) is 2.32. The lowest BCUT2D eigenvalue weighted by Gasteiger charge is -2.39. The molecule has 3 unspecified atom stereocenters. The Balaban J connectivity index is 1.77. The van der Waals surface area contributed by atoms with E-state index in [2.05, 4.69) is 4.74 Å². The van der Waals surface area contributed by atoms with Crippen LogP contribution in [0.1, 0.15) is 51.4 Å². The maximum Gasteiger partial charge on any atom is 0.411 e. The molecule has 0 radical (unpaired) electrons. The van der Waals surface area contributed by atoms with Crippen molar-refractivity contribution in [3.8, 4) is 0 Å². The quantitative estimate of drug-likeness (QED) is 0.571. The van der Waals surface area contributed by atoms with Gasteiger partial charge in [-0.3, -0.25) is 9.35 Å². The lowest BCUT2D eigenvalue weighted by Crippen LogP contribution is -2.40. The van der Waals surface area contributed by atoms with E-state index >= 15 is 0 Å². The van der Waals surface area contributed by atoms with Crippen molar-refractivity contribution in [3.05, 3.63) is 0 Å². The van der Waals surface area contributed by atoms with Crippen LogP contribution in [-0.4, -0.2) is 37.0 Å². The summed E-state index contributed by atoms with van der Waals surface area (Å²) in [6.45, 7) is -1.41. The van der Waals surface area contributed by atoms with Crippen LogP contribution in [0.25, 0.3) is 0 Å². The SMILES string of the molecule is O=C(CCC1CC2CCCC(C2)C1)OCC(C(F)(F)F)S(=O)(=O)O.